The number of hydrogen-bond acceptors (Lipinski definition) is 30. The fourth-order valence-corrected chi connectivity index (χ4v) is 33.4. The molecule has 0 saturated carbocycles. The number of para-hydroxylation sites is 2. The Kier molecular flexibility index (Phi) is 32.0. The summed E-state index contributed by atoms with van der Waals surface area (Å²) in [6.07, 6.45) is -4.59. The smallest absolute Gasteiger partial charge is 0.325 e. The molecular weight excluding hydrogens is 2220 g/mol. The molecule has 6 aliphatic heterocycles. The van der Waals surface area contributed by atoms with Gasteiger partial charge in [0.15, 0.2) is 0 Å². The molecule has 6 atom stereocenters. The molecule has 54 heteroatoms. The number of anilines is 6. The highest BCUT2D eigenvalue weighted by Crippen LogP contribution is 2.48. The largest absolute Gasteiger partial charge is 0.416 e. The average Bonchev–Trinajstić information content (AvgIpc) is 1.57. The molecule has 0 bridgehead atoms. The molecule has 768 valence electrons. The van der Waals surface area contributed by atoms with Crippen LogP contribution in [-0.2, 0) is 124 Å². The van der Waals surface area contributed by atoms with Gasteiger partial charge in [-0.25, -0.2) is 85.1 Å². The number of nitrogens with one attached hydrogen (secondary N) is 6. The topological polar surface area (TPSA) is 501 Å². The molecule has 0 aliphatic carbocycles. The Morgan fingerprint density at radius 2 is 0.514 bits per heavy atom. The molecule has 6 aromatic heterocycles. The van der Waals surface area contributed by atoms with Gasteiger partial charge in [0.25, 0.3) is 95.6 Å². The molecule has 12 aromatic rings. The summed E-state index contributed by atoms with van der Waals surface area (Å²) in [5.41, 5.74) is 2.93. The van der Waals surface area contributed by atoms with Crippen molar-refractivity contribution in [2.75, 3.05) is 74.2 Å². The van der Waals surface area contributed by atoms with E-state index in [2.05, 4.69) is 47.8 Å². The number of fused-ring (bicyclic) bond motifs is 6. The van der Waals surface area contributed by atoms with Crippen LogP contribution in [0.5, 0.6) is 0 Å². The van der Waals surface area contributed by atoms with Crippen molar-refractivity contribution in [3.8, 4) is 0 Å². The second-order valence-corrected chi connectivity index (χ2v) is 54.2. The first-order valence-electron chi connectivity index (χ1n) is 42.3. The SMILES string of the molecule is Cc1cc2c(s1)S(=O)(=O)N(C)C(=O)C2C(=O)Nc1ccc(Br)cc1.Cc1cc2c(s1)S(=O)(=O)N(C)C(=O)C2C(=O)Nc1ccc(F)cc1.Cc1cc2c(s1)S(=O)(=O)N(C)C(=O)C2C(=O)Nc1cccc(C(F)(F)F)c1.Cc1cc2c(s1)S(=O)(=O)N(C)C(=O)C2C(=O)Nc1ccccc1.Cc1cc2c(s1)S(=O)(=O)N(C)C(=O)C2C(=O)Nc1ccccc1F.Cc1ccc(NC(=O)C2C(=O)N(C)S(=O)(=O)c3sc(C)cc32)cc1. The second kappa shape index (κ2) is 42.4. The van der Waals surface area contributed by atoms with Gasteiger partial charge in [-0.2, -0.15) is 13.2 Å². The number of carbonyl (C=O) groups excluding carboxylic acids is 12. The molecule has 18 rings (SSSR count). The summed E-state index contributed by atoms with van der Waals surface area (Å²) < 4.78 is 218. The third-order valence-electron chi connectivity index (χ3n) is 22.6. The van der Waals surface area contributed by atoms with Crippen molar-refractivity contribution in [1.29, 1.82) is 0 Å². The van der Waals surface area contributed by atoms with E-state index in [1.807, 2.05) is 25.1 Å². The summed E-state index contributed by atoms with van der Waals surface area (Å²) >= 11 is 9.45. The molecule has 12 heterocycles. The van der Waals surface area contributed by atoms with E-state index in [9.17, 15) is 130 Å². The van der Waals surface area contributed by atoms with Crippen molar-refractivity contribution >= 4 is 249 Å². The van der Waals surface area contributed by atoms with Crippen LogP contribution < -0.4 is 31.9 Å². The highest BCUT2D eigenvalue weighted by Gasteiger charge is 2.53. The van der Waals surface area contributed by atoms with Gasteiger partial charge >= 0.3 is 6.18 Å². The standard InChI is InChI=1S/C16H13F3N2O4S2.C16H16N2O4S2.C15H13BrN2O4S2.2C15H13FN2O4S2.C15H14N2O4S2/c1-8-6-11-12(14(23)21(2)27(24,25)15(11)26-8)13(22)20-10-5-3-4-9(7-10)16(17,18)19;1-9-4-6-11(7-5-9)17-14(19)13-12-8-10(2)23-16(12)24(21,22)18(3)15(13)20;2*1-8-7-11-12(13(19)17-10-5-3-9(16)4-6-10)14(20)18(2)24(21,22)15(11)23-8;1-8-7-9-12(13(19)17-11-6-4-3-5-10(11)16)14(20)18(2)24(21,22)15(9)23-8;1-9-8-11-12(13(18)16-10-6-4-3-5-7-10)14(19)17(2)23(20,21)15(11)22-9/h3-7,12H,1-2H3,(H,20,22);4-8,13H,1-3H3,(H,17,19);3*3-7,12H,1-2H3,(H,17,19);3-8,12H,1-2H3,(H,16,18). The number of rotatable bonds is 12. The van der Waals surface area contributed by atoms with E-state index in [4.69, 9.17) is 0 Å². The fraction of sp³-hybridized carbons (Fsp3) is 0.217. The van der Waals surface area contributed by atoms with Crippen molar-refractivity contribution in [1.82, 2.24) is 25.8 Å². The van der Waals surface area contributed by atoms with Crippen molar-refractivity contribution in [2.24, 2.45) is 0 Å². The van der Waals surface area contributed by atoms with Crippen molar-refractivity contribution in [3.63, 3.8) is 0 Å². The predicted molar refractivity (Wildman–Crippen MR) is 538 cm³/mol. The predicted octanol–water partition coefficient (Wildman–Crippen LogP) is 14.0. The number of halogens is 6. The lowest BCUT2D eigenvalue weighted by molar-refractivity contribution is -0.138. The fourth-order valence-electron chi connectivity index (χ4n) is 15.2. The molecule has 146 heavy (non-hydrogen) atoms. The number of sulfonamides is 6. The maximum Gasteiger partial charge on any atom is 0.416 e. The van der Waals surface area contributed by atoms with Crippen LogP contribution in [0.2, 0.25) is 0 Å². The number of amides is 12. The summed E-state index contributed by atoms with van der Waals surface area (Å²) in [4.78, 5) is 154. The number of hydrogen-bond donors (Lipinski definition) is 6. The molecule has 0 radical (unpaired) electrons. The van der Waals surface area contributed by atoms with E-state index in [1.165, 1.54) is 93.9 Å². The normalized spacial score (nSPS) is 19.1. The van der Waals surface area contributed by atoms with Gasteiger partial charge in [-0.1, -0.05) is 70.0 Å². The first-order valence-corrected chi connectivity index (χ1v) is 56.6. The zero-order chi connectivity index (χ0) is 108. The Morgan fingerprint density at radius 1 is 0.288 bits per heavy atom. The van der Waals surface area contributed by atoms with Crippen LogP contribution in [0.1, 0.15) is 109 Å². The summed E-state index contributed by atoms with van der Waals surface area (Å²) in [7, 11) is -16.7. The van der Waals surface area contributed by atoms with Gasteiger partial charge in [0.05, 0.1) is 11.3 Å². The number of thiophene rings is 6. The maximum absolute atomic E-state index is 13.7. The second-order valence-electron chi connectivity index (χ2n) is 32.8. The number of carbonyl (C=O) groups is 12. The Bertz CT molecular complexity index is 7750. The van der Waals surface area contributed by atoms with Crippen molar-refractivity contribution in [2.45, 2.75) is 115 Å². The third kappa shape index (κ3) is 22.2. The van der Waals surface area contributed by atoms with Gasteiger partial charge in [0.2, 0.25) is 35.4 Å². The summed E-state index contributed by atoms with van der Waals surface area (Å²) in [6.45, 7) is 12.2. The van der Waals surface area contributed by atoms with Gasteiger partial charge < -0.3 is 31.9 Å². The monoisotopic (exact) mass is 2300 g/mol. The average molecular weight is 2300 g/mol. The van der Waals surface area contributed by atoms with E-state index >= 15 is 0 Å². The molecule has 6 aromatic carbocycles. The van der Waals surface area contributed by atoms with E-state index in [0.29, 0.717) is 63.2 Å². The number of alkyl halides is 3. The number of likely N-dealkylation sites (N-methyl/N-ethyl adjacent to an activating group) is 6. The van der Waals surface area contributed by atoms with Gasteiger partial charge in [-0.15, -0.1) is 68.0 Å². The summed E-state index contributed by atoms with van der Waals surface area (Å²) in [5.74, 6) is -17.5. The lowest BCUT2D eigenvalue weighted by Gasteiger charge is -2.28. The number of benzene rings is 6. The molecule has 6 aliphatic rings. The molecule has 0 saturated heterocycles. The molecule has 0 fully saturated rings. The minimum atomic E-state index is -4.59. The van der Waals surface area contributed by atoms with E-state index < -0.39 is 190 Å². The Morgan fingerprint density at radius 3 is 0.781 bits per heavy atom. The van der Waals surface area contributed by atoms with Crippen LogP contribution in [0, 0.1) is 60.1 Å². The highest BCUT2D eigenvalue weighted by molar-refractivity contribution is 9.10. The lowest BCUT2D eigenvalue weighted by Crippen LogP contribution is -2.45. The van der Waals surface area contributed by atoms with Gasteiger partial charge in [-0.3, -0.25) is 57.5 Å². The molecule has 6 N–H and O–H groups in total. The minimum Gasteiger partial charge on any atom is -0.325 e. The zero-order valence-corrected chi connectivity index (χ0v) is 89.4. The number of aryl methyl sites for hydroxylation is 7. The maximum atomic E-state index is 13.7. The van der Waals surface area contributed by atoms with Crippen LogP contribution in [0.4, 0.5) is 56.1 Å². The minimum absolute atomic E-state index is 0.00126. The Balaban J connectivity index is 0.000000147. The quantitative estimate of drug-likeness (QED) is 0.0489. The van der Waals surface area contributed by atoms with Crippen LogP contribution in [-0.4, -0.2) is 190 Å². The zero-order valence-electron chi connectivity index (χ0n) is 78.0. The molecule has 0 spiro atoms. The Labute approximate surface area is 865 Å². The first-order chi connectivity index (χ1) is 68.1. The van der Waals surface area contributed by atoms with Gasteiger partial charge in [-0.05, 0) is 188 Å². The van der Waals surface area contributed by atoms with Crippen LogP contribution in [0.3, 0.4) is 0 Å². The highest BCUT2D eigenvalue weighted by atomic mass is 79.9. The van der Waals surface area contributed by atoms with E-state index in [0.717, 1.165) is 132 Å². The van der Waals surface area contributed by atoms with Gasteiger partial charge in [0.1, 0.15) is 72.4 Å². The van der Waals surface area contributed by atoms with Crippen LogP contribution in [0.15, 0.2) is 218 Å². The molecular formula is C92H82BrF5N12O24S12. The van der Waals surface area contributed by atoms with Gasteiger partial charge in [0, 0.05) is 138 Å². The Hall–Kier alpha value is -13.0. The van der Waals surface area contributed by atoms with Crippen molar-refractivity contribution in [3.05, 3.63) is 278 Å². The molecule has 12 amide bonds. The van der Waals surface area contributed by atoms with E-state index in [1.54, 1.807) is 120 Å². The van der Waals surface area contributed by atoms with Crippen molar-refractivity contribution < 1.29 is 130 Å². The first kappa shape index (κ1) is 110. The molecule has 6 unspecified atom stereocenters. The summed E-state index contributed by atoms with van der Waals surface area (Å²) in [6, 6.07) is 46.6. The third-order valence-corrected chi connectivity index (χ3v) is 43.2. The lowest BCUT2D eigenvalue weighted by atomic mass is 9.99. The number of nitrogens with zero attached hydrogens (tertiary/aromatic N) is 6. The molecule has 36 nitrogen and oxygen atoms in total. The van der Waals surface area contributed by atoms with Crippen LogP contribution >= 0.6 is 84.0 Å². The van der Waals surface area contributed by atoms with E-state index in [-0.39, 0.29) is 70.0 Å². The van der Waals surface area contributed by atoms with Crippen LogP contribution in [0.25, 0.3) is 0 Å². The summed E-state index contributed by atoms with van der Waals surface area (Å²) in [5, 5.41) is 15.2.